The maximum absolute atomic E-state index is 12.4. The Morgan fingerprint density at radius 1 is 0.608 bits per heavy atom. The van der Waals surface area contributed by atoms with Crippen LogP contribution in [0.3, 0.4) is 0 Å². The second-order valence-electron chi connectivity index (χ2n) is 10.3. The summed E-state index contributed by atoms with van der Waals surface area (Å²) >= 11 is 0. The quantitative estimate of drug-likeness (QED) is 0.0605. The van der Waals surface area contributed by atoms with Crippen molar-refractivity contribution in [1.82, 2.24) is 0 Å². The fraction of sp³-hybridized carbons (Fsp3) is 0.0370. The van der Waals surface area contributed by atoms with Crippen LogP contribution in [0.4, 0.5) is 34.1 Å². The zero-order valence-corrected chi connectivity index (χ0v) is 28.5. The Morgan fingerprint density at radius 3 is 1.73 bits per heavy atom. The first-order valence-electron chi connectivity index (χ1n) is 13.4. The van der Waals surface area contributed by atoms with Crippen LogP contribution in [0.25, 0.3) is 21.5 Å². The first-order chi connectivity index (χ1) is 23.5. The normalized spacial score (nSPS) is 13.1. The molecular weight excluding hydrogens is 761 g/mol. The van der Waals surface area contributed by atoms with Gasteiger partial charge in [0.1, 0.15) is 48.1 Å². The third kappa shape index (κ3) is 7.14. The van der Waals surface area contributed by atoms with Gasteiger partial charge in [0.25, 0.3) is 40.5 Å². The van der Waals surface area contributed by atoms with Gasteiger partial charge in [-0.15, -0.1) is 20.5 Å². The maximum Gasteiger partial charge on any atom is 0.297 e. The molecule has 0 aliphatic heterocycles. The summed E-state index contributed by atoms with van der Waals surface area (Å²) in [6, 6.07) is 11.2. The molecule has 0 heterocycles. The fourth-order valence-corrected chi connectivity index (χ4v) is 7.73. The van der Waals surface area contributed by atoms with E-state index in [1.807, 2.05) is 0 Å². The Hall–Kier alpha value is -5.34. The molecule has 0 bridgehead atoms. The molecule has 0 atom stereocenters. The zero-order chi connectivity index (χ0) is 37.8. The molecule has 0 saturated heterocycles. The largest absolute Gasteiger partial charge is 0.505 e. The molecule has 0 unspecified atom stereocenters. The molecule has 0 spiro atoms. The third-order valence-electron chi connectivity index (χ3n) is 7.09. The van der Waals surface area contributed by atoms with Crippen molar-refractivity contribution in [2.24, 2.45) is 20.5 Å². The lowest BCUT2D eigenvalue weighted by Gasteiger charge is -2.14. The molecule has 5 aromatic rings. The number of benzene rings is 5. The van der Waals surface area contributed by atoms with Crippen LogP contribution in [-0.4, -0.2) is 64.1 Å². The van der Waals surface area contributed by atoms with Crippen molar-refractivity contribution in [2.45, 2.75) is 19.6 Å². The van der Waals surface area contributed by atoms with Gasteiger partial charge in [-0.2, -0.15) is 33.7 Å². The molecule has 0 saturated carbocycles. The molecule has 268 valence electrons. The number of nitrogen functional groups attached to an aromatic ring is 2. The monoisotopic (exact) mass is 782 g/mol. The summed E-state index contributed by atoms with van der Waals surface area (Å²) in [6.07, 6.45) is 0. The van der Waals surface area contributed by atoms with Gasteiger partial charge in [-0.1, -0.05) is 30.3 Å². The number of phenolic OH excluding ortho intramolecular Hbond substituents is 1. The third-order valence-corrected chi connectivity index (χ3v) is 10.7. The predicted molar refractivity (Wildman–Crippen MR) is 179 cm³/mol. The molecule has 0 fully saturated rings. The van der Waals surface area contributed by atoms with Crippen LogP contribution >= 0.6 is 0 Å². The highest BCUT2D eigenvalue weighted by molar-refractivity contribution is 7.86. The smallest absolute Gasteiger partial charge is 0.297 e. The van der Waals surface area contributed by atoms with Gasteiger partial charge in [-0.05, 0) is 35.0 Å². The van der Waals surface area contributed by atoms with E-state index in [4.69, 9.17) is 16.2 Å². The number of phenols is 1. The maximum atomic E-state index is 12.4. The fourth-order valence-electron chi connectivity index (χ4n) is 4.92. The summed E-state index contributed by atoms with van der Waals surface area (Å²) in [5.41, 5.74) is 7.53. The Morgan fingerprint density at radius 2 is 1.16 bits per heavy atom. The minimum atomic E-state index is -5.35. The van der Waals surface area contributed by atoms with Gasteiger partial charge < -0.3 is 21.3 Å². The number of nitrogens with two attached hydrogens (primary N) is 2. The molecule has 9 N–H and O–H groups in total. The summed E-state index contributed by atoms with van der Waals surface area (Å²) in [5.74, 6) is -1.37. The van der Waals surface area contributed by atoms with Crippen LogP contribution in [0, 0.1) is 0 Å². The molecule has 20 nitrogen and oxygen atoms in total. The number of hydrogen-bond donors (Lipinski definition) is 7. The predicted octanol–water partition coefficient (Wildman–Crippen LogP) is 4.69. The average molecular weight is 783 g/mol. The highest BCUT2D eigenvalue weighted by Gasteiger charge is 2.29. The topological polar surface area (TPSA) is 348 Å². The van der Waals surface area contributed by atoms with E-state index in [2.05, 4.69) is 20.5 Å². The average Bonchev–Trinajstić information content (AvgIpc) is 3.01. The van der Waals surface area contributed by atoms with E-state index in [9.17, 15) is 57.0 Å². The van der Waals surface area contributed by atoms with Crippen molar-refractivity contribution in [2.75, 3.05) is 18.6 Å². The van der Waals surface area contributed by atoms with Crippen molar-refractivity contribution in [3.8, 4) is 11.5 Å². The second-order valence-corrected chi connectivity index (χ2v) is 15.8. The number of rotatable bonds is 9. The summed E-state index contributed by atoms with van der Waals surface area (Å²) in [4.78, 5) is -4.02. The van der Waals surface area contributed by atoms with Crippen LogP contribution in [0.2, 0.25) is 0 Å². The zero-order valence-electron chi connectivity index (χ0n) is 25.3. The summed E-state index contributed by atoms with van der Waals surface area (Å²) in [6.45, 7) is 0. The molecule has 51 heavy (non-hydrogen) atoms. The van der Waals surface area contributed by atoms with Gasteiger partial charge in [-0.3, -0.25) is 18.2 Å². The molecule has 0 aromatic heterocycles. The van der Waals surface area contributed by atoms with E-state index in [0.717, 1.165) is 25.3 Å². The van der Waals surface area contributed by atoms with Gasteiger partial charge in [0, 0.05) is 11.5 Å². The van der Waals surface area contributed by atoms with Gasteiger partial charge in [0.15, 0.2) is 5.75 Å². The van der Waals surface area contributed by atoms with E-state index in [1.54, 1.807) is 6.07 Å². The van der Waals surface area contributed by atoms with E-state index >= 15 is 0 Å². The van der Waals surface area contributed by atoms with E-state index in [-0.39, 0.29) is 16.8 Å². The number of hydrogen-bond acceptors (Lipinski definition) is 16. The number of anilines is 2. The minimum absolute atomic E-state index is 0.0120. The first-order valence-corrected chi connectivity index (χ1v) is 19.1. The second kappa shape index (κ2) is 12.8. The number of ether oxygens (including phenoxy) is 1. The highest BCUT2D eigenvalue weighted by atomic mass is 32.2. The standard InChI is InChI=1S/C27H22N6O14S4/c1-47-18-11-17(19(10-15(18)28)48(35,36)37)31-32-24-20(49(38,39)40)8-13-9-21(50(41,42)43)25(26(34)22(13)23(24)29)33-30-16-7-6-12-4-2-3-5-14(12)27(16)51(44,45)46/h2-11,34H,28-29H2,1H3,(H,35,36,37)(H,38,39,40)(H,41,42,43)(H,44,45,46). The van der Waals surface area contributed by atoms with Gasteiger partial charge >= 0.3 is 0 Å². The number of methoxy groups -OCH3 is 1. The lowest BCUT2D eigenvalue weighted by Crippen LogP contribution is -2.04. The van der Waals surface area contributed by atoms with Gasteiger partial charge in [-0.25, -0.2) is 0 Å². The number of nitrogens with zero attached hydrogens (tertiary/aromatic N) is 4. The minimum Gasteiger partial charge on any atom is -0.505 e. The van der Waals surface area contributed by atoms with E-state index in [0.29, 0.717) is 17.5 Å². The summed E-state index contributed by atoms with van der Waals surface area (Å²) in [5, 5.41) is 25.1. The van der Waals surface area contributed by atoms with Crippen LogP contribution in [0.1, 0.15) is 0 Å². The lowest BCUT2D eigenvalue weighted by molar-refractivity contribution is 0.416. The summed E-state index contributed by atoms with van der Waals surface area (Å²) in [7, 11) is -19.6. The SMILES string of the molecule is COc1cc(N=Nc2c(S(=O)(=O)O)cc3cc(S(=O)(=O)O)c(N=Nc4ccc5ccccc5c4S(=O)(=O)O)c(O)c3c2N)c(S(=O)(=O)O)cc1N. The molecule has 0 amide bonds. The van der Waals surface area contributed by atoms with Crippen LogP contribution in [-0.2, 0) is 40.5 Å². The van der Waals surface area contributed by atoms with Gasteiger partial charge in [0.2, 0.25) is 0 Å². The molecule has 0 aliphatic rings. The number of azo groups is 2. The van der Waals surface area contributed by atoms with Crippen molar-refractivity contribution in [3.63, 3.8) is 0 Å². The highest BCUT2D eigenvalue weighted by Crippen LogP contribution is 2.49. The van der Waals surface area contributed by atoms with Crippen molar-refractivity contribution in [1.29, 1.82) is 0 Å². The molecule has 5 rings (SSSR count). The Balaban J connectivity index is 1.83. The van der Waals surface area contributed by atoms with Gasteiger partial charge in [0.05, 0.1) is 23.9 Å². The van der Waals surface area contributed by atoms with E-state index in [1.165, 1.54) is 24.3 Å². The van der Waals surface area contributed by atoms with Crippen LogP contribution in [0.15, 0.2) is 101 Å². The Bertz CT molecular complexity index is 2830. The number of aromatic hydroxyl groups is 1. The number of fused-ring (bicyclic) bond motifs is 2. The Labute approximate surface area is 287 Å². The molecule has 0 radical (unpaired) electrons. The molecule has 5 aromatic carbocycles. The molecule has 0 aliphatic carbocycles. The lowest BCUT2D eigenvalue weighted by atomic mass is 10.1. The molecule has 24 heteroatoms. The van der Waals surface area contributed by atoms with E-state index < -0.39 is 105 Å². The van der Waals surface area contributed by atoms with Crippen LogP contribution < -0.4 is 16.2 Å². The van der Waals surface area contributed by atoms with Crippen molar-refractivity contribution >= 4 is 96.1 Å². The van der Waals surface area contributed by atoms with Crippen LogP contribution in [0.5, 0.6) is 11.5 Å². The first kappa shape index (κ1) is 36.9. The summed E-state index contributed by atoms with van der Waals surface area (Å²) < 4.78 is 143. The Kier molecular flexibility index (Phi) is 9.24. The molecular formula is C27H22N6O14S4. The van der Waals surface area contributed by atoms with Crippen molar-refractivity contribution < 1.29 is 61.7 Å². The van der Waals surface area contributed by atoms with Crippen molar-refractivity contribution in [3.05, 3.63) is 60.7 Å².